The number of halogens is 2. The number of carboxylic acid groups (broad SMARTS) is 1. The second kappa shape index (κ2) is 6.83. The largest absolute Gasteiger partial charge is 0.480 e. The molecule has 25 heavy (non-hydrogen) atoms. The number of rotatable bonds is 6. The summed E-state index contributed by atoms with van der Waals surface area (Å²) in [5.41, 5.74) is -0.673. The van der Waals surface area contributed by atoms with E-state index in [2.05, 4.69) is 20.4 Å². The SMILES string of the molecule is Cc1c(C(=O)NC(C)(C)C(=O)O)nnn1-c1ccc(OC(F)F)cc1. The second-order valence-electron chi connectivity index (χ2n) is 5.69. The van der Waals surface area contributed by atoms with Crippen LogP contribution in [0.5, 0.6) is 5.75 Å². The van der Waals surface area contributed by atoms with Gasteiger partial charge in [0.05, 0.1) is 11.4 Å². The van der Waals surface area contributed by atoms with E-state index >= 15 is 0 Å². The maximum absolute atomic E-state index is 12.2. The minimum absolute atomic E-state index is 0.0160. The number of benzene rings is 1. The molecule has 2 rings (SSSR count). The maximum atomic E-state index is 12.2. The number of alkyl halides is 2. The van der Waals surface area contributed by atoms with Crippen LogP contribution in [0.1, 0.15) is 30.0 Å². The standard InChI is InChI=1S/C15H16F2N4O4/c1-8-11(12(22)18-15(2,3)13(23)24)19-20-21(8)9-4-6-10(7-5-9)25-14(16)17/h4-7,14H,1-3H3,(H,18,22)(H,23,24). The molecule has 8 nitrogen and oxygen atoms in total. The molecule has 10 heteroatoms. The number of ether oxygens (including phenoxy) is 1. The molecule has 0 atom stereocenters. The van der Waals surface area contributed by atoms with Crippen molar-refractivity contribution in [2.24, 2.45) is 0 Å². The van der Waals surface area contributed by atoms with Crippen molar-refractivity contribution in [1.82, 2.24) is 20.3 Å². The van der Waals surface area contributed by atoms with Crippen LogP contribution < -0.4 is 10.1 Å². The lowest BCUT2D eigenvalue weighted by molar-refractivity contribution is -0.143. The minimum Gasteiger partial charge on any atom is -0.480 e. The molecule has 1 heterocycles. The highest BCUT2D eigenvalue weighted by atomic mass is 19.3. The predicted octanol–water partition coefficient (Wildman–Crippen LogP) is 1.77. The van der Waals surface area contributed by atoms with Crippen molar-refractivity contribution < 1.29 is 28.2 Å². The van der Waals surface area contributed by atoms with Gasteiger partial charge in [-0.1, -0.05) is 5.21 Å². The minimum atomic E-state index is -2.92. The fourth-order valence-electron chi connectivity index (χ4n) is 1.95. The summed E-state index contributed by atoms with van der Waals surface area (Å²) in [6, 6.07) is 5.61. The molecule has 0 radical (unpaired) electrons. The van der Waals surface area contributed by atoms with E-state index in [0.29, 0.717) is 11.4 Å². The van der Waals surface area contributed by atoms with Crippen molar-refractivity contribution in [1.29, 1.82) is 0 Å². The Kier molecular flexibility index (Phi) is 5.00. The molecule has 1 aromatic heterocycles. The van der Waals surface area contributed by atoms with E-state index in [9.17, 15) is 18.4 Å². The topological polar surface area (TPSA) is 106 Å². The first kappa shape index (κ1) is 18.3. The van der Waals surface area contributed by atoms with Crippen LogP contribution in [0.3, 0.4) is 0 Å². The van der Waals surface area contributed by atoms with Gasteiger partial charge in [0.1, 0.15) is 11.3 Å². The zero-order valence-electron chi connectivity index (χ0n) is 13.7. The Morgan fingerprint density at radius 2 is 1.88 bits per heavy atom. The van der Waals surface area contributed by atoms with E-state index in [4.69, 9.17) is 5.11 Å². The van der Waals surface area contributed by atoms with Gasteiger partial charge in [0, 0.05) is 0 Å². The lowest BCUT2D eigenvalue weighted by Gasteiger charge is -2.20. The Hall–Kier alpha value is -3.04. The van der Waals surface area contributed by atoms with Crippen molar-refractivity contribution in [2.75, 3.05) is 0 Å². The van der Waals surface area contributed by atoms with Crippen molar-refractivity contribution in [3.8, 4) is 11.4 Å². The molecule has 2 aromatic rings. The highest BCUT2D eigenvalue weighted by Crippen LogP contribution is 2.19. The molecule has 1 aromatic carbocycles. The third kappa shape index (κ3) is 4.08. The van der Waals surface area contributed by atoms with E-state index in [0.717, 1.165) is 0 Å². The molecule has 0 saturated carbocycles. The fourth-order valence-corrected chi connectivity index (χ4v) is 1.95. The summed E-state index contributed by atoms with van der Waals surface area (Å²) in [6.45, 7) is 1.34. The number of nitrogens with zero attached hydrogens (tertiary/aromatic N) is 3. The molecule has 0 unspecified atom stereocenters. The van der Waals surface area contributed by atoms with Crippen LogP contribution >= 0.6 is 0 Å². The number of aliphatic carboxylic acids is 1. The quantitative estimate of drug-likeness (QED) is 0.819. The number of amides is 1. The Labute approximate surface area is 141 Å². The van der Waals surface area contributed by atoms with Gasteiger partial charge in [-0.25, -0.2) is 9.48 Å². The first-order valence-corrected chi connectivity index (χ1v) is 7.15. The third-order valence-electron chi connectivity index (χ3n) is 3.38. The summed E-state index contributed by atoms with van der Waals surface area (Å²) in [6.07, 6.45) is 0. The van der Waals surface area contributed by atoms with Gasteiger partial charge >= 0.3 is 12.6 Å². The molecule has 0 spiro atoms. The Balaban J connectivity index is 2.23. The van der Waals surface area contributed by atoms with Crippen molar-refractivity contribution >= 4 is 11.9 Å². The monoisotopic (exact) mass is 354 g/mol. The van der Waals surface area contributed by atoms with Gasteiger partial charge < -0.3 is 15.2 Å². The number of carbonyl (C=O) groups excluding carboxylic acids is 1. The summed E-state index contributed by atoms with van der Waals surface area (Å²) in [7, 11) is 0. The molecular formula is C15H16F2N4O4. The van der Waals surface area contributed by atoms with E-state index in [1.165, 1.54) is 42.8 Å². The van der Waals surface area contributed by atoms with Crippen LogP contribution in [0, 0.1) is 6.92 Å². The molecule has 134 valence electrons. The average Bonchev–Trinajstić information content (AvgIpc) is 2.88. The van der Waals surface area contributed by atoms with E-state index in [1.54, 1.807) is 6.92 Å². The third-order valence-corrected chi connectivity index (χ3v) is 3.38. The van der Waals surface area contributed by atoms with Crippen LogP contribution in [-0.2, 0) is 4.79 Å². The first-order chi connectivity index (χ1) is 11.6. The molecule has 0 aliphatic heterocycles. The van der Waals surface area contributed by atoms with E-state index in [1.807, 2.05) is 0 Å². The number of hydrogen-bond acceptors (Lipinski definition) is 5. The number of carboxylic acids is 1. The molecule has 0 aliphatic rings. The zero-order valence-corrected chi connectivity index (χ0v) is 13.7. The average molecular weight is 354 g/mol. The number of hydrogen-bond donors (Lipinski definition) is 2. The summed E-state index contributed by atoms with van der Waals surface area (Å²) in [4.78, 5) is 23.3. The molecular weight excluding hydrogens is 338 g/mol. The highest BCUT2D eigenvalue weighted by molar-refractivity contribution is 5.96. The molecule has 1 amide bonds. The summed E-state index contributed by atoms with van der Waals surface area (Å²) >= 11 is 0. The van der Waals surface area contributed by atoms with Gasteiger partial charge in [-0.05, 0) is 45.0 Å². The summed E-state index contributed by atoms with van der Waals surface area (Å²) < 4.78 is 29.9. The van der Waals surface area contributed by atoms with Gasteiger partial charge in [-0.3, -0.25) is 4.79 Å². The fraction of sp³-hybridized carbons (Fsp3) is 0.333. The Morgan fingerprint density at radius 3 is 2.40 bits per heavy atom. The van der Waals surface area contributed by atoms with Gasteiger partial charge in [-0.2, -0.15) is 8.78 Å². The lowest BCUT2D eigenvalue weighted by Crippen LogP contribution is -2.49. The van der Waals surface area contributed by atoms with Crippen molar-refractivity contribution in [3.63, 3.8) is 0 Å². The normalized spacial score (nSPS) is 11.4. The van der Waals surface area contributed by atoms with Gasteiger partial charge in [0.2, 0.25) is 0 Å². The Bertz CT molecular complexity index is 787. The van der Waals surface area contributed by atoms with Crippen LogP contribution in [-0.4, -0.2) is 44.1 Å². The van der Waals surface area contributed by atoms with Crippen LogP contribution in [0.2, 0.25) is 0 Å². The van der Waals surface area contributed by atoms with Gasteiger partial charge in [0.25, 0.3) is 5.91 Å². The Morgan fingerprint density at radius 1 is 1.28 bits per heavy atom. The second-order valence-corrected chi connectivity index (χ2v) is 5.69. The molecule has 2 N–H and O–H groups in total. The molecule has 0 saturated heterocycles. The van der Waals surface area contributed by atoms with Crippen molar-refractivity contribution in [2.45, 2.75) is 32.9 Å². The number of aromatic nitrogens is 3. The first-order valence-electron chi connectivity index (χ1n) is 7.15. The van der Waals surface area contributed by atoms with Crippen molar-refractivity contribution in [3.05, 3.63) is 35.7 Å². The van der Waals surface area contributed by atoms with E-state index < -0.39 is 24.0 Å². The van der Waals surface area contributed by atoms with Crippen LogP contribution in [0.15, 0.2) is 24.3 Å². The lowest BCUT2D eigenvalue weighted by atomic mass is 10.1. The molecule has 0 fully saturated rings. The summed E-state index contributed by atoms with van der Waals surface area (Å²) in [5.74, 6) is -1.90. The van der Waals surface area contributed by atoms with Crippen LogP contribution in [0.4, 0.5) is 8.78 Å². The maximum Gasteiger partial charge on any atom is 0.387 e. The predicted molar refractivity (Wildman–Crippen MR) is 81.9 cm³/mol. The smallest absolute Gasteiger partial charge is 0.387 e. The molecule has 0 bridgehead atoms. The van der Waals surface area contributed by atoms with E-state index in [-0.39, 0.29) is 11.4 Å². The van der Waals surface area contributed by atoms with Crippen LogP contribution in [0.25, 0.3) is 5.69 Å². The summed E-state index contributed by atoms with van der Waals surface area (Å²) in [5, 5.41) is 19.0. The zero-order chi connectivity index (χ0) is 18.8. The molecule has 0 aliphatic carbocycles. The highest BCUT2D eigenvalue weighted by Gasteiger charge is 2.31. The number of carbonyl (C=O) groups is 2. The van der Waals surface area contributed by atoms with Gasteiger partial charge in [-0.15, -0.1) is 5.10 Å². The van der Waals surface area contributed by atoms with Gasteiger partial charge in [0.15, 0.2) is 5.69 Å². The number of nitrogens with one attached hydrogen (secondary N) is 1.